The quantitative estimate of drug-likeness (QED) is 0.840. The molecule has 0 aliphatic heterocycles. The molecule has 0 saturated heterocycles. The highest BCUT2D eigenvalue weighted by molar-refractivity contribution is 6.31. The first kappa shape index (κ1) is 18.8. The molecule has 1 amide bonds. The van der Waals surface area contributed by atoms with E-state index in [0.717, 1.165) is 24.3 Å². The van der Waals surface area contributed by atoms with Gasteiger partial charge in [-0.25, -0.2) is 4.79 Å². The van der Waals surface area contributed by atoms with Crippen molar-refractivity contribution >= 4 is 23.5 Å². The highest BCUT2D eigenvalue weighted by Gasteiger charge is 2.30. The summed E-state index contributed by atoms with van der Waals surface area (Å²) in [6.45, 7) is 0. The van der Waals surface area contributed by atoms with E-state index in [4.69, 9.17) is 11.6 Å². The Morgan fingerprint density at radius 2 is 1.68 bits per heavy atom. The molecule has 0 unspecified atom stereocenters. The summed E-state index contributed by atoms with van der Waals surface area (Å²) in [7, 11) is 0. The number of hydrogen-bond acceptors (Lipinski definition) is 2. The van der Waals surface area contributed by atoms with Crippen molar-refractivity contribution in [1.29, 1.82) is 0 Å². The number of carboxylic acids is 1. The van der Waals surface area contributed by atoms with Gasteiger partial charge in [-0.1, -0.05) is 29.8 Å². The molecule has 4 nitrogen and oxygen atoms in total. The number of amides is 1. The molecule has 0 fully saturated rings. The molecule has 1 atom stereocenters. The molecule has 2 aromatic carbocycles. The number of hydrogen-bond donors (Lipinski definition) is 2. The maximum atomic E-state index is 12.5. The number of carboxylic acid groups (broad SMARTS) is 1. The maximum absolute atomic E-state index is 12.5. The van der Waals surface area contributed by atoms with Crippen LogP contribution in [0.25, 0.3) is 0 Å². The van der Waals surface area contributed by atoms with Gasteiger partial charge in [-0.3, -0.25) is 4.79 Å². The largest absolute Gasteiger partial charge is 0.480 e. The number of halogens is 4. The first-order valence-electron chi connectivity index (χ1n) is 7.13. The van der Waals surface area contributed by atoms with Gasteiger partial charge < -0.3 is 10.4 Å². The summed E-state index contributed by atoms with van der Waals surface area (Å²) >= 11 is 5.97. The number of alkyl halides is 3. The van der Waals surface area contributed by atoms with Crippen LogP contribution in [0.15, 0.2) is 48.5 Å². The lowest BCUT2D eigenvalue weighted by Crippen LogP contribution is -2.42. The second-order valence-corrected chi connectivity index (χ2v) is 5.64. The minimum absolute atomic E-state index is 0.0542. The molecule has 0 aliphatic carbocycles. The SMILES string of the molecule is O=C(N[C@@H](Cc1ccccc1Cl)C(=O)O)c1ccc(C(F)(F)F)cc1. The minimum Gasteiger partial charge on any atom is -0.480 e. The molecule has 25 heavy (non-hydrogen) atoms. The van der Waals surface area contributed by atoms with Crippen molar-refractivity contribution in [3.8, 4) is 0 Å². The fourth-order valence-electron chi connectivity index (χ4n) is 2.14. The van der Waals surface area contributed by atoms with Gasteiger partial charge in [-0.15, -0.1) is 0 Å². The molecular formula is C17H13ClF3NO3. The first-order valence-corrected chi connectivity index (χ1v) is 7.50. The lowest BCUT2D eigenvalue weighted by Gasteiger charge is -2.16. The average molecular weight is 372 g/mol. The van der Waals surface area contributed by atoms with Gasteiger partial charge in [0.25, 0.3) is 5.91 Å². The molecule has 8 heteroatoms. The fraction of sp³-hybridized carbons (Fsp3) is 0.176. The first-order chi connectivity index (χ1) is 11.7. The van der Waals surface area contributed by atoms with Crippen LogP contribution in [0.4, 0.5) is 13.2 Å². The van der Waals surface area contributed by atoms with Crippen molar-refractivity contribution in [3.63, 3.8) is 0 Å². The number of benzene rings is 2. The van der Waals surface area contributed by atoms with E-state index in [1.807, 2.05) is 0 Å². The van der Waals surface area contributed by atoms with E-state index in [2.05, 4.69) is 5.32 Å². The maximum Gasteiger partial charge on any atom is 0.416 e. The average Bonchev–Trinajstić information content (AvgIpc) is 2.55. The van der Waals surface area contributed by atoms with Crippen molar-refractivity contribution < 1.29 is 27.9 Å². The zero-order valence-corrected chi connectivity index (χ0v) is 13.4. The number of carbonyl (C=O) groups excluding carboxylic acids is 1. The molecule has 132 valence electrons. The zero-order valence-electron chi connectivity index (χ0n) is 12.7. The predicted octanol–water partition coefficient (Wildman–Crippen LogP) is 3.78. The molecule has 0 bridgehead atoms. The van der Waals surface area contributed by atoms with Crippen LogP contribution in [0.3, 0.4) is 0 Å². The van der Waals surface area contributed by atoms with Gasteiger partial charge in [0.2, 0.25) is 0 Å². The third-order valence-corrected chi connectivity index (χ3v) is 3.83. The van der Waals surface area contributed by atoms with E-state index in [0.29, 0.717) is 10.6 Å². The van der Waals surface area contributed by atoms with Crippen LogP contribution in [-0.4, -0.2) is 23.0 Å². The van der Waals surface area contributed by atoms with Crippen LogP contribution >= 0.6 is 11.6 Å². The molecule has 2 rings (SSSR count). The van der Waals surface area contributed by atoms with Gasteiger partial charge >= 0.3 is 12.1 Å². The van der Waals surface area contributed by atoms with Gasteiger partial charge in [-0.2, -0.15) is 13.2 Å². The van der Waals surface area contributed by atoms with E-state index in [1.54, 1.807) is 24.3 Å². The smallest absolute Gasteiger partial charge is 0.416 e. The van der Waals surface area contributed by atoms with Crippen LogP contribution in [0.1, 0.15) is 21.5 Å². The van der Waals surface area contributed by atoms with E-state index in [-0.39, 0.29) is 12.0 Å². The van der Waals surface area contributed by atoms with Gasteiger partial charge in [0.05, 0.1) is 5.56 Å². The third kappa shape index (κ3) is 4.96. The number of rotatable bonds is 5. The van der Waals surface area contributed by atoms with Crippen molar-refractivity contribution in [2.24, 2.45) is 0 Å². The fourth-order valence-corrected chi connectivity index (χ4v) is 2.35. The Hall–Kier alpha value is -2.54. The molecule has 0 radical (unpaired) electrons. The Kier molecular flexibility index (Phi) is 5.69. The van der Waals surface area contributed by atoms with E-state index in [1.165, 1.54) is 0 Å². The highest BCUT2D eigenvalue weighted by Crippen LogP contribution is 2.29. The highest BCUT2D eigenvalue weighted by atomic mass is 35.5. The molecule has 0 spiro atoms. The normalized spacial score (nSPS) is 12.5. The third-order valence-electron chi connectivity index (χ3n) is 3.46. The van der Waals surface area contributed by atoms with Crippen LogP contribution in [0.2, 0.25) is 5.02 Å². The molecule has 0 saturated carbocycles. The second kappa shape index (κ2) is 7.57. The van der Waals surface area contributed by atoms with E-state index >= 15 is 0 Å². The lowest BCUT2D eigenvalue weighted by atomic mass is 10.0. The van der Waals surface area contributed by atoms with Gasteiger partial charge in [0.15, 0.2) is 0 Å². The van der Waals surface area contributed by atoms with E-state index < -0.39 is 29.7 Å². The van der Waals surface area contributed by atoms with Crippen LogP contribution < -0.4 is 5.32 Å². The Bertz CT molecular complexity index is 775. The van der Waals surface area contributed by atoms with Crippen molar-refractivity contribution in [2.75, 3.05) is 0 Å². The van der Waals surface area contributed by atoms with Gasteiger partial charge in [-0.05, 0) is 35.9 Å². The number of aliphatic carboxylic acids is 1. The Morgan fingerprint density at radius 3 is 2.20 bits per heavy atom. The Morgan fingerprint density at radius 1 is 1.08 bits per heavy atom. The van der Waals surface area contributed by atoms with Crippen molar-refractivity contribution in [2.45, 2.75) is 18.6 Å². The molecule has 2 aromatic rings. The molecule has 2 N–H and O–H groups in total. The summed E-state index contributed by atoms with van der Waals surface area (Å²) < 4.78 is 37.6. The summed E-state index contributed by atoms with van der Waals surface area (Å²) in [6, 6.07) is 8.82. The Balaban J connectivity index is 2.13. The second-order valence-electron chi connectivity index (χ2n) is 5.23. The van der Waals surface area contributed by atoms with Crippen molar-refractivity contribution in [1.82, 2.24) is 5.32 Å². The standard InChI is InChI=1S/C17H13ClF3NO3/c18-13-4-2-1-3-11(13)9-14(16(24)25)22-15(23)10-5-7-12(8-6-10)17(19,20)21/h1-8,14H,9H2,(H,22,23)(H,24,25)/t14-/m0/s1. The van der Waals surface area contributed by atoms with E-state index in [9.17, 15) is 27.9 Å². The minimum atomic E-state index is -4.51. The Labute approximate surface area is 146 Å². The topological polar surface area (TPSA) is 66.4 Å². The summed E-state index contributed by atoms with van der Waals surface area (Å²) in [6.07, 6.45) is -4.57. The lowest BCUT2D eigenvalue weighted by molar-refractivity contribution is -0.139. The van der Waals surface area contributed by atoms with Crippen LogP contribution in [0, 0.1) is 0 Å². The van der Waals surface area contributed by atoms with Gasteiger partial charge in [0.1, 0.15) is 6.04 Å². The summed E-state index contributed by atoms with van der Waals surface area (Å²) in [5, 5.41) is 11.9. The zero-order chi connectivity index (χ0) is 18.6. The number of carbonyl (C=O) groups is 2. The predicted molar refractivity (Wildman–Crippen MR) is 85.5 cm³/mol. The molecule has 0 aromatic heterocycles. The van der Waals surface area contributed by atoms with Crippen LogP contribution in [-0.2, 0) is 17.4 Å². The molecular weight excluding hydrogens is 359 g/mol. The summed E-state index contributed by atoms with van der Waals surface area (Å²) in [5.41, 5.74) is -0.433. The monoisotopic (exact) mass is 371 g/mol. The summed E-state index contributed by atoms with van der Waals surface area (Å²) in [4.78, 5) is 23.5. The van der Waals surface area contributed by atoms with Crippen LogP contribution in [0.5, 0.6) is 0 Å². The molecule has 0 aliphatic rings. The number of nitrogens with one attached hydrogen (secondary N) is 1. The molecule has 0 heterocycles. The van der Waals surface area contributed by atoms with Crippen molar-refractivity contribution in [3.05, 3.63) is 70.2 Å². The van der Waals surface area contributed by atoms with Gasteiger partial charge in [0, 0.05) is 17.0 Å². The summed E-state index contributed by atoms with van der Waals surface area (Å²) in [5.74, 6) is -2.06.